The molecule has 0 atom stereocenters. The number of rotatable bonds is 3. The van der Waals surface area contributed by atoms with Gasteiger partial charge in [-0.1, -0.05) is 6.07 Å². The number of aromatic nitrogens is 2. The number of anilines is 2. The van der Waals surface area contributed by atoms with Gasteiger partial charge in [-0.05, 0) is 17.7 Å². The molecule has 0 aliphatic heterocycles. The fourth-order valence-corrected chi connectivity index (χ4v) is 3.08. The average molecular weight is 324 g/mol. The van der Waals surface area contributed by atoms with Crippen molar-refractivity contribution >= 4 is 39.0 Å². The number of nitrogens with zero attached hydrogens (tertiary/aromatic N) is 3. The first kappa shape index (κ1) is 14.7. The molecule has 3 aromatic heterocycles. The minimum atomic E-state index is -0.300. The number of fused-ring (bicyclic) bond motifs is 1. The second-order valence-corrected chi connectivity index (χ2v) is 5.77. The Morgan fingerprint density at radius 3 is 2.96 bits per heavy atom. The number of hydrogen-bond acceptors (Lipinski definition) is 7. The summed E-state index contributed by atoms with van der Waals surface area (Å²) in [6.07, 6.45) is 3.34. The first-order valence-electron chi connectivity index (χ1n) is 6.66. The number of carbonyl (C=O) groups is 1. The number of nitrogens with two attached hydrogens (primary N) is 2. The summed E-state index contributed by atoms with van der Waals surface area (Å²) >= 11 is 1.15. The molecule has 0 aliphatic carbocycles. The lowest BCUT2D eigenvalue weighted by Gasteiger charge is -2.04. The second-order valence-electron chi connectivity index (χ2n) is 4.77. The highest BCUT2D eigenvalue weighted by Crippen LogP contribution is 2.34. The molecule has 1 amide bonds. The average Bonchev–Trinajstić information content (AvgIpc) is 2.89. The molecule has 0 radical (unpaired) electrons. The number of thiophene rings is 1. The zero-order valence-corrected chi connectivity index (χ0v) is 12.7. The van der Waals surface area contributed by atoms with Crippen LogP contribution in [0.4, 0.5) is 11.5 Å². The van der Waals surface area contributed by atoms with E-state index in [-0.39, 0.29) is 17.3 Å². The zero-order valence-electron chi connectivity index (χ0n) is 11.9. The van der Waals surface area contributed by atoms with Crippen LogP contribution in [0.2, 0.25) is 0 Å². The maximum Gasteiger partial charge on any atom is 0.263 e. The molecule has 3 rings (SSSR count). The first-order chi connectivity index (χ1) is 11.1. The Kier molecular flexibility index (Phi) is 3.78. The number of pyridine rings is 2. The van der Waals surface area contributed by atoms with Gasteiger partial charge in [-0.15, -0.1) is 11.3 Å². The van der Waals surface area contributed by atoms with Crippen molar-refractivity contribution in [3.05, 3.63) is 46.6 Å². The van der Waals surface area contributed by atoms with E-state index in [1.165, 1.54) is 0 Å². The van der Waals surface area contributed by atoms with E-state index in [1.54, 1.807) is 24.5 Å². The number of nitrogens with one attached hydrogen (secondary N) is 1. The first-order valence-corrected chi connectivity index (χ1v) is 7.47. The molecule has 114 valence electrons. The van der Waals surface area contributed by atoms with Crippen LogP contribution in [-0.4, -0.2) is 15.9 Å². The maximum absolute atomic E-state index is 12.3. The van der Waals surface area contributed by atoms with E-state index in [4.69, 9.17) is 16.7 Å². The molecular weight excluding hydrogens is 312 g/mol. The Bertz CT molecular complexity index is 929. The van der Waals surface area contributed by atoms with Crippen LogP contribution in [-0.2, 0) is 6.54 Å². The Balaban J connectivity index is 1.89. The van der Waals surface area contributed by atoms with E-state index in [9.17, 15) is 4.79 Å². The number of hydrogen-bond donors (Lipinski definition) is 3. The van der Waals surface area contributed by atoms with Crippen molar-refractivity contribution in [2.75, 3.05) is 11.5 Å². The summed E-state index contributed by atoms with van der Waals surface area (Å²) in [6.45, 7) is 0.347. The molecule has 0 bridgehead atoms. The van der Waals surface area contributed by atoms with Gasteiger partial charge in [0, 0.05) is 24.3 Å². The van der Waals surface area contributed by atoms with Gasteiger partial charge in [-0.25, -0.2) is 4.98 Å². The van der Waals surface area contributed by atoms with E-state index < -0.39 is 0 Å². The highest BCUT2D eigenvalue weighted by Gasteiger charge is 2.18. The smallest absolute Gasteiger partial charge is 0.263 e. The van der Waals surface area contributed by atoms with Gasteiger partial charge in [0.15, 0.2) is 0 Å². The van der Waals surface area contributed by atoms with Crippen molar-refractivity contribution in [1.82, 2.24) is 15.3 Å². The van der Waals surface area contributed by atoms with Crippen LogP contribution < -0.4 is 16.8 Å². The van der Waals surface area contributed by atoms with Crippen LogP contribution in [0, 0.1) is 11.3 Å². The van der Waals surface area contributed by atoms with Crippen LogP contribution in [0.25, 0.3) is 10.2 Å². The number of carbonyl (C=O) groups excluding carboxylic acids is 1. The minimum Gasteiger partial charge on any atom is -0.397 e. The molecular formula is C15H12N6OS. The van der Waals surface area contributed by atoms with Gasteiger partial charge in [0.25, 0.3) is 5.91 Å². The third-order valence-electron chi connectivity index (χ3n) is 3.25. The second kappa shape index (κ2) is 5.90. The molecule has 0 unspecified atom stereocenters. The normalized spacial score (nSPS) is 10.4. The Hall–Kier alpha value is -3.18. The molecule has 0 fully saturated rings. The summed E-state index contributed by atoms with van der Waals surface area (Å²) < 4.78 is 0. The molecule has 0 aromatic carbocycles. The van der Waals surface area contributed by atoms with Crippen molar-refractivity contribution in [1.29, 1.82) is 5.26 Å². The lowest BCUT2D eigenvalue weighted by atomic mass is 10.2. The number of nitriles is 1. The fraction of sp³-hybridized carbons (Fsp3) is 0.0667. The maximum atomic E-state index is 12.3. The third kappa shape index (κ3) is 2.77. The Morgan fingerprint density at radius 2 is 2.26 bits per heavy atom. The molecule has 7 nitrogen and oxygen atoms in total. The topological polar surface area (TPSA) is 131 Å². The largest absolute Gasteiger partial charge is 0.397 e. The molecule has 0 aliphatic rings. The van der Waals surface area contributed by atoms with Gasteiger partial charge in [-0.3, -0.25) is 9.78 Å². The van der Waals surface area contributed by atoms with Crippen LogP contribution in [0.3, 0.4) is 0 Å². The van der Waals surface area contributed by atoms with Crippen LogP contribution >= 0.6 is 11.3 Å². The van der Waals surface area contributed by atoms with E-state index in [0.717, 1.165) is 16.9 Å². The monoisotopic (exact) mass is 324 g/mol. The van der Waals surface area contributed by atoms with Crippen molar-refractivity contribution in [3.8, 4) is 6.07 Å². The highest BCUT2D eigenvalue weighted by molar-refractivity contribution is 7.21. The summed E-state index contributed by atoms with van der Waals surface area (Å²) in [7, 11) is 0. The summed E-state index contributed by atoms with van der Waals surface area (Å²) in [4.78, 5) is 21.3. The Labute approximate surface area is 135 Å². The fourth-order valence-electron chi connectivity index (χ4n) is 2.08. The number of amides is 1. The third-order valence-corrected chi connectivity index (χ3v) is 4.37. The zero-order chi connectivity index (χ0) is 16.4. The molecule has 0 saturated heterocycles. The predicted molar refractivity (Wildman–Crippen MR) is 88.6 cm³/mol. The van der Waals surface area contributed by atoms with Gasteiger partial charge >= 0.3 is 0 Å². The van der Waals surface area contributed by atoms with Gasteiger partial charge in [-0.2, -0.15) is 5.26 Å². The van der Waals surface area contributed by atoms with E-state index in [1.807, 2.05) is 12.1 Å². The quantitative estimate of drug-likeness (QED) is 0.671. The van der Waals surface area contributed by atoms with Crippen LogP contribution in [0.5, 0.6) is 0 Å². The molecule has 0 spiro atoms. The van der Waals surface area contributed by atoms with E-state index in [0.29, 0.717) is 27.3 Å². The predicted octanol–water partition coefficient (Wildman–Crippen LogP) is 1.66. The number of nitrogen functional groups attached to an aromatic ring is 2. The molecule has 8 heteroatoms. The van der Waals surface area contributed by atoms with Gasteiger partial charge in [0.1, 0.15) is 21.6 Å². The molecule has 3 aromatic rings. The summed E-state index contributed by atoms with van der Waals surface area (Å²) in [5, 5.41) is 12.4. The van der Waals surface area contributed by atoms with Gasteiger partial charge in [0.05, 0.1) is 11.3 Å². The van der Waals surface area contributed by atoms with Crippen molar-refractivity contribution in [2.24, 2.45) is 0 Å². The lowest BCUT2D eigenvalue weighted by Crippen LogP contribution is -2.22. The summed E-state index contributed by atoms with van der Waals surface area (Å²) in [5.41, 5.74) is 13.1. The standard InChI is InChI=1S/C15H12N6OS/c16-5-9-4-10-11(17)12(23-15(10)21-13(9)18)14(22)20-7-8-2-1-3-19-6-8/h1-4,6H,7,17H2,(H2,18,21)(H,20,22). The van der Waals surface area contributed by atoms with Crippen LogP contribution in [0.15, 0.2) is 30.6 Å². The highest BCUT2D eigenvalue weighted by atomic mass is 32.1. The van der Waals surface area contributed by atoms with Crippen molar-refractivity contribution in [3.63, 3.8) is 0 Å². The molecule has 0 saturated carbocycles. The SMILES string of the molecule is N#Cc1cc2c(N)c(C(=O)NCc3cccnc3)sc2nc1N. The van der Waals surface area contributed by atoms with Gasteiger partial charge < -0.3 is 16.8 Å². The van der Waals surface area contributed by atoms with Crippen molar-refractivity contribution in [2.45, 2.75) is 6.54 Å². The minimum absolute atomic E-state index is 0.128. The lowest BCUT2D eigenvalue weighted by molar-refractivity contribution is 0.0956. The van der Waals surface area contributed by atoms with Crippen LogP contribution in [0.1, 0.15) is 20.8 Å². The molecule has 3 heterocycles. The summed E-state index contributed by atoms with van der Waals surface area (Å²) in [5.74, 6) is -0.171. The van der Waals surface area contributed by atoms with Crippen molar-refractivity contribution < 1.29 is 4.79 Å². The van der Waals surface area contributed by atoms with E-state index in [2.05, 4.69) is 15.3 Å². The molecule has 23 heavy (non-hydrogen) atoms. The van der Waals surface area contributed by atoms with Gasteiger partial charge in [0.2, 0.25) is 0 Å². The Morgan fingerprint density at radius 1 is 1.43 bits per heavy atom. The summed E-state index contributed by atoms with van der Waals surface area (Å²) in [6, 6.07) is 7.17. The molecule has 5 N–H and O–H groups in total. The van der Waals surface area contributed by atoms with E-state index >= 15 is 0 Å².